The van der Waals surface area contributed by atoms with E-state index in [0.717, 1.165) is 5.57 Å². The molecule has 0 aromatic heterocycles. The van der Waals surface area contributed by atoms with E-state index in [1.54, 1.807) is 6.08 Å². The number of cyclic esters (lactones) is 1. The Labute approximate surface area is 138 Å². The first-order chi connectivity index (χ1) is 10.3. The van der Waals surface area contributed by atoms with Crippen LogP contribution in [0.1, 0.15) is 41.5 Å². The summed E-state index contributed by atoms with van der Waals surface area (Å²) in [5, 5.41) is 28.2. The minimum atomic E-state index is -1.10. The molecule has 0 aliphatic carbocycles. The second kappa shape index (κ2) is 7.30. The van der Waals surface area contributed by atoms with Gasteiger partial charge in [0.05, 0.1) is 12.7 Å². The van der Waals surface area contributed by atoms with Crippen molar-refractivity contribution in [2.24, 2.45) is 10.8 Å². The monoisotopic (exact) mass is 330 g/mol. The van der Waals surface area contributed by atoms with E-state index in [-0.39, 0.29) is 23.4 Å². The first kappa shape index (κ1) is 20.1. The molecule has 3 N–H and O–H groups in total. The number of rotatable bonds is 0. The Balaban J connectivity index is 0.000000238. The number of aliphatic hydroxyl groups excluding tert-OH is 3. The molecule has 0 aromatic carbocycles. The van der Waals surface area contributed by atoms with E-state index >= 15 is 0 Å². The molecule has 0 aromatic rings. The van der Waals surface area contributed by atoms with Crippen LogP contribution in [0, 0.1) is 10.8 Å². The third-order valence-electron chi connectivity index (χ3n) is 3.98. The number of ether oxygens (including phenoxy) is 2. The van der Waals surface area contributed by atoms with Crippen molar-refractivity contribution < 1.29 is 29.6 Å². The molecule has 2 aliphatic rings. The molecule has 0 saturated carbocycles. The van der Waals surface area contributed by atoms with Gasteiger partial charge in [0.25, 0.3) is 0 Å². The van der Waals surface area contributed by atoms with Crippen molar-refractivity contribution >= 4 is 5.97 Å². The number of aliphatic hydroxyl groups is 3. The summed E-state index contributed by atoms with van der Waals surface area (Å²) >= 11 is 0. The molecule has 1 saturated heterocycles. The highest BCUT2D eigenvalue weighted by Crippen LogP contribution is 2.30. The van der Waals surface area contributed by atoms with Gasteiger partial charge in [0.2, 0.25) is 0 Å². The quantitative estimate of drug-likeness (QED) is 0.574. The van der Waals surface area contributed by atoms with Crippen LogP contribution in [-0.2, 0) is 14.3 Å². The van der Waals surface area contributed by atoms with Gasteiger partial charge in [0.15, 0.2) is 0 Å². The van der Waals surface area contributed by atoms with Crippen LogP contribution < -0.4 is 0 Å². The maximum atomic E-state index is 10.6. The lowest BCUT2D eigenvalue weighted by atomic mass is 9.81. The summed E-state index contributed by atoms with van der Waals surface area (Å²) in [6, 6.07) is 0. The van der Waals surface area contributed by atoms with E-state index < -0.39 is 24.4 Å². The minimum absolute atomic E-state index is 0.0756. The van der Waals surface area contributed by atoms with E-state index in [9.17, 15) is 20.1 Å². The van der Waals surface area contributed by atoms with E-state index in [0.29, 0.717) is 6.61 Å². The van der Waals surface area contributed by atoms with Crippen LogP contribution in [0.25, 0.3) is 0 Å². The van der Waals surface area contributed by atoms with Crippen LogP contribution in [0.15, 0.2) is 11.6 Å². The van der Waals surface area contributed by atoms with Gasteiger partial charge in [-0.05, 0) is 16.4 Å². The van der Waals surface area contributed by atoms with Crippen molar-refractivity contribution in [3.05, 3.63) is 11.6 Å². The van der Waals surface area contributed by atoms with Crippen LogP contribution in [0.2, 0.25) is 0 Å². The number of carbonyl (C=O) groups excluding carboxylic acids is 1. The van der Waals surface area contributed by atoms with Crippen LogP contribution in [0.5, 0.6) is 0 Å². The van der Waals surface area contributed by atoms with Crippen LogP contribution in [-0.4, -0.2) is 58.9 Å². The average molecular weight is 330 g/mol. The predicted octanol–water partition coefficient (Wildman–Crippen LogP) is 1.03. The summed E-state index contributed by atoms with van der Waals surface area (Å²) in [4.78, 5) is 10.6. The summed E-state index contributed by atoms with van der Waals surface area (Å²) in [5.74, 6) is -0.204. The Kier molecular flexibility index (Phi) is 6.38. The molecule has 4 atom stereocenters. The Bertz CT molecular complexity index is 443. The number of carbonyl (C=O) groups is 1. The van der Waals surface area contributed by atoms with Crippen LogP contribution >= 0.6 is 0 Å². The highest BCUT2D eigenvalue weighted by atomic mass is 16.5. The number of hydrogen-bond acceptors (Lipinski definition) is 6. The highest BCUT2D eigenvalue weighted by molar-refractivity contribution is 5.85. The van der Waals surface area contributed by atoms with E-state index in [2.05, 4.69) is 20.8 Å². The smallest absolute Gasteiger partial charge is 0.331 e. The zero-order valence-corrected chi connectivity index (χ0v) is 14.9. The summed E-state index contributed by atoms with van der Waals surface area (Å²) in [6.07, 6.45) is -1.93. The fraction of sp³-hybridized carbons (Fsp3) is 0.824. The Morgan fingerprint density at radius 2 is 1.61 bits per heavy atom. The number of esters is 1. The van der Waals surface area contributed by atoms with Crippen molar-refractivity contribution in [2.75, 3.05) is 13.2 Å². The Hall–Kier alpha value is -0.950. The van der Waals surface area contributed by atoms with Gasteiger partial charge in [-0.25, -0.2) is 4.79 Å². The Morgan fingerprint density at radius 3 is 1.96 bits per heavy atom. The zero-order chi connectivity index (χ0) is 18.0. The van der Waals surface area contributed by atoms with Gasteiger partial charge in [-0.2, -0.15) is 0 Å². The number of hydrogen-bond donors (Lipinski definition) is 3. The largest absolute Gasteiger partial charge is 0.458 e. The maximum Gasteiger partial charge on any atom is 0.331 e. The normalized spacial score (nSPS) is 31.9. The minimum Gasteiger partial charge on any atom is -0.458 e. The zero-order valence-electron chi connectivity index (χ0n) is 14.9. The predicted molar refractivity (Wildman–Crippen MR) is 85.7 cm³/mol. The molecule has 2 rings (SSSR count). The van der Waals surface area contributed by atoms with Crippen molar-refractivity contribution in [1.29, 1.82) is 0 Å². The molecule has 0 bridgehead atoms. The molecule has 23 heavy (non-hydrogen) atoms. The average Bonchev–Trinajstić information content (AvgIpc) is 2.82. The van der Waals surface area contributed by atoms with Gasteiger partial charge in [0.1, 0.15) is 24.9 Å². The molecule has 134 valence electrons. The van der Waals surface area contributed by atoms with Crippen molar-refractivity contribution in [2.45, 2.75) is 66.0 Å². The van der Waals surface area contributed by atoms with Gasteiger partial charge in [-0.15, -0.1) is 0 Å². The summed E-state index contributed by atoms with van der Waals surface area (Å²) in [6.45, 7) is 12.5. The molecule has 0 radical (unpaired) electrons. The summed E-state index contributed by atoms with van der Waals surface area (Å²) in [7, 11) is 0. The second-order valence-electron chi connectivity index (χ2n) is 8.20. The molecule has 6 heteroatoms. The fourth-order valence-electron chi connectivity index (χ4n) is 2.38. The molecular weight excluding hydrogens is 300 g/mol. The maximum absolute atomic E-state index is 10.6. The van der Waals surface area contributed by atoms with E-state index in [4.69, 9.17) is 9.47 Å². The molecule has 4 unspecified atom stereocenters. The molecule has 0 amide bonds. The molecule has 6 nitrogen and oxygen atoms in total. The first-order valence-electron chi connectivity index (χ1n) is 7.87. The molecular formula is C17H30O6. The summed E-state index contributed by atoms with van der Waals surface area (Å²) in [5.41, 5.74) is 0.921. The third kappa shape index (κ3) is 5.57. The molecule has 2 aliphatic heterocycles. The third-order valence-corrected chi connectivity index (χ3v) is 3.98. The summed E-state index contributed by atoms with van der Waals surface area (Å²) < 4.78 is 10.0. The lowest BCUT2D eigenvalue weighted by Crippen LogP contribution is -2.56. The molecule has 0 spiro atoms. The fourth-order valence-corrected chi connectivity index (χ4v) is 2.38. The topological polar surface area (TPSA) is 96.2 Å². The van der Waals surface area contributed by atoms with Gasteiger partial charge in [0, 0.05) is 6.08 Å². The van der Waals surface area contributed by atoms with Crippen molar-refractivity contribution in [3.8, 4) is 0 Å². The highest BCUT2D eigenvalue weighted by Gasteiger charge is 2.42. The van der Waals surface area contributed by atoms with E-state index in [1.165, 1.54) is 0 Å². The lowest BCUT2D eigenvalue weighted by Gasteiger charge is -2.41. The SMILES string of the molecule is CC(C)(C)C1=CC(=O)OC1.CC(C)(C)C1OCC(O)C(O)C1O. The first-order valence-corrected chi connectivity index (χ1v) is 7.87. The van der Waals surface area contributed by atoms with Gasteiger partial charge in [-0.3, -0.25) is 0 Å². The molecule has 2 heterocycles. The van der Waals surface area contributed by atoms with Gasteiger partial charge >= 0.3 is 5.97 Å². The molecule has 1 fully saturated rings. The lowest BCUT2D eigenvalue weighted by molar-refractivity contribution is -0.211. The van der Waals surface area contributed by atoms with E-state index in [1.807, 2.05) is 20.8 Å². The van der Waals surface area contributed by atoms with Crippen molar-refractivity contribution in [1.82, 2.24) is 0 Å². The van der Waals surface area contributed by atoms with Crippen molar-refractivity contribution in [3.63, 3.8) is 0 Å². The standard InChI is InChI=1S/C9H18O4.C8H12O2/c1-9(2,3)8-7(12)6(11)5(10)4-13-8;1-8(2,3)6-4-7(9)10-5-6/h5-8,10-12H,4H2,1-3H3;4H,5H2,1-3H3. The van der Waals surface area contributed by atoms with Gasteiger partial charge in [-0.1, -0.05) is 41.5 Å². The van der Waals surface area contributed by atoms with Gasteiger partial charge < -0.3 is 24.8 Å². The second-order valence-corrected chi connectivity index (χ2v) is 8.20. The van der Waals surface area contributed by atoms with Crippen LogP contribution in [0.4, 0.5) is 0 Å². The van der Waals surface area contributed by atoms with Crippen LogP contribution in [0.3, 0.4) is 0 Å². The Morgan fingerprint density at radius 1 is 1.04 bits per heavy atom.